The Kier molecular flexibility index (Phi) is 14.0. The predicted octanol–water partition coefficient (Wildman–Crippen LogP) is 1.76. The van der Waals surface area contributed by atoms with E-state index in [9.17, 15) is 0 Å². The van der Waals surface area contributed by atoms with Crippen LogP contribution in [0.2, 0.25) is 0 Å². The first-order chi connectivity index (χ1) is 7.06. The van der Waals surface area contributed by atoms with Crippen molar-refractivity contribution in [3.8, 4) is 0 Å². The summed E-state index contributed by atoms with van der Waals surface area (Å²) >= 11 is 0. The van der Waals surface area contributed by atoms with E-state index >= 15 is 0 Å². The summed E-state index contributed by atoms with van der Waals surface area (Å²) in [7, 11) is 0. The van der Waals surface area contributed by atoms with E-state index in [0.29, 0.717) is 0 Å². The zero-order valence-corrected chi connectivity index (χ0v) is 9.36. The Balaban J connectivity index is 0. The molecule has 0 heterocycles. The van der Waals surface area contributed by atoms with Crippen molar-refractivity contribution in [3.63, 3.8) is 0 Å². The normalized spacial score (nSPS) is 8.93. The summed E-state index contributed by atoms with van der Waals surface area (Å²) in [6.45, 7) is 6.28. The molecule has 0 aliphatic heterocycles. The fourth-order valence-corrected chi connectivity index (χ4v) is 0.595. The number of hydrogen-bond acceptors (Lipinski definition) is 3. The maximum absolute atomic E-state index is 9.10. The Bertz CT molecular complexity index is 149. The molecule has 0 fully saturated rings. The first-order valence-electron chi connectivity index (χ1n) is 5.10. The summed E-state index contributed by atoms with van der Waals surface area (Å²) in [4.78, 5) is 18.2. The molecule has 0 saturated carbocycles. The van der Waals surface area contributed by atoms with Crippen LogP contribution in [0.25, 0.3) is 0 Å². The molecule has 5 nitrogen and oxygen atoms in total. The van der Waals surface area contributed by atoms with Crippen LogP contribution in [0.3, 0.4) is 0 Å². The summed E-state index contributed by atoms with van der Waals surface area (Å²) in [5.74, 6) is -3.65. The molecule has 0 radical (unpaired) electrons. The van der Waals surface area contributed by atoms with E-state index in [-0.39, 0.29) is 0 Å². The van der Waals surface area contributed by atoms with Crippen molar-refractivity contribution in [1.82, 2.24) is 0 Å². The topological polar surface area (TPSA) is 83.8 Å². The fourth-order valence-electron chi connectivity index (χ4n) is 0.595. The third-order valence-electron chi connectivity index (χ3n) is 1.47. The maximum atomic E-state index is 9.10. The van der Waals surface area contributed by atoms with Crippen molar-refractivity contribution < 1.29 is 24.5 Å². The SMILES string of the molecule is CCCCOCCCC.O=C(O)C(=O)O. The van der Waals surface area contributed by atoms with Crippen LogP contribution in [0.5, 0.6) is 0 Å². The molecule has 0 spiro atoms. The van der Waals surface area contributed by atoms with Crippen LogP contribution < -0.4 is 0 Å². The third kappa shape index (κ3) is 19.3. The van der Waals surface area contributed by atoms with Gasteiger partial charge in [-0.15, -0.1) is 0 Å². The molecule has 0 saturated heterocycles. The van der Waals surface area contributed by atoms with Gasteiger partial charge in [0.15, 0.2) is 0 Å². The van der Waals surface area contributed by atoms with Gasteiger partial charge in [0.2, 0.25) is 0 Å². The number of carboxylic acids is 2. The van der Waals surface area contributed by atoms with Gasteiger partial charge in [0, 0.05) is 13.2 Å². The van der Waals surface area contributed by atoms with Gasteiger partial charge in [-0.25, -0.2) is 9.59 Å². The average molecular weight is 220 g/mol. The van der Waals surface area contributed by atoms with Crippen molar-refractivity contribution in [2.45, 2.75) is 39.5 Å². The van der Waals surface area contributed by atoms with Gasteiger partial charge < -0.3 is 14.9 Å². The van der Waals surface area contributed by atoms with Gasteiger partial charge in [-0.05, 0) is 12.8 Å². The monoisotopic (exact) mass is 220 g/mol. The smallest absolute Gasteiger partial charge is 0.414 e. The number of rotatable bonds is 6. The van der Waals surface area contributed by atoms with E-state index < -0.39 is 11.9 Å². The average Bonchev–Trinajstić information content (AvgIpc) is 2.18. The largest absolute Gasteiger partial charge is 0.473 e. The van der Waals surface area contributed by atoms with Gasteiger partial charge in [0.25, 0.3) is 0 Å². The van der Waals surface area contributed by atoms with E-state index in [4.69, 9.17) is 24.5 Å². The molecule has 0 rings (SSSR count). The minimum atomic E-state index is -1.82. The third-order valence-corrected chi connectivity index (χ3v) is 1.47. The van der Waals surface area contributed by atoms with Gasteiger partial charge in [-0.3, -0.25) is 0 Å². The first-order valence-corrected chi connectivity index (χ1v) is 5.10. The Morgan fingerprint density at radius 2 is 1.27 bits per heavy atom. The fraction of sp³-hybridized carbons (Fsp3) is 0.800. The molecular formula is C10H20O5. The molecular weight excluding hydrogens is 200 g/mol. The van der Waals surface area contributed by atoms with Crippen molar-refractivity contribution in [2.75, 3.05) is 13.2 Å². The Morgan fingerprint density at radius 1 is 0.933 bits per heavy atom. The molecule has 0 aliphatic carbocycles. The number of hydrogen-bond donors (Lipinski definition) is 2. The molecule has 15 heavy (non-hydrogen) atoms. The van der Waals surface area contributed by atoms with E-state index in [1.807, 2.05) is 0 Å². The minimum absolute atomic E-state index is 0.955. The van der Waals surface area contributed by atoms with Gasteiger partial charge >= 0.3 is 11.9 Å². The molecule has 90 valence electrons. The molecule has 0 atom stereocenters. The summed E-state index contributed by atoms with van der Waals surface area (Å²) in [6.07, 6.45) is 4.91. The van der Waals surface area contributed by atoms with E-state index in [0.717, 1.165) is 13.2 Å². The highest BCUT2D eigenvalue weighted by atomic mass is 16.5. The van der Waals surface area contributed by atoms with Crippen molar-refractivity contribution in [1.29, 1.82) is 0 Å². The van der Waals surface area contributed by atoms with Gasteiger partial charge in [0.1, 0.15) is 0 Å². The Labute approximate surface area is 90.1 Å². The number of unbranched alkanes of at least 4 members (excludes halogenated alkanes) is 2. The van der Waals surface area contributed by atoms with Crippen LogP contribution in [-0.2, 0) is 14.3 Å². The lowest BCUT2D eigenvalue weighted by Gasteiger charge is -1.99. The summed E-state index contributed by atoms with van der Waals surface area (Å²) in [6, 6.07) is 0. The summed E-state index contributed by atoms with van der Waals surface area (Å²) in [5, 5.41) is 14.8. The van der Waals surface area contributed by atoms with Crippen molar-refractivity contribution in [2.24, 2.45) is 0 Å². The lowest BCUT2D eigenvalue weighted by molar-refractivity contribution is -0.159. The van der Waals surface area contributed by atoms with E-state index in [2.05, 4.69) is 13.8 Å². The van der Waals surface area contributed by atoms with E-state index in [1.54, 1.807) is 0 Å². The standard InChI is InChI=1S/C8H18O.C2H2O4/c1-3-5-7-9-8-6-4-2;3-1(4)2(5)6/h3-8H2,1-2H3;(H,3,4)(H,5,6). The van der Waals surface area contributed by atoms with Crippen molar-refractivity contribution >= 4 is 11.9 Å². The second-order valence-corrected chi connectivity index (χ2v) is 2.93. The van der Waals surface area contributed by atoms with Gasteiger partial charge in [0.05, 0.1) is 0 Å². The second-order valence-electron chi connectivity index (χ2n) is 2.93. The molecule has 0 aromatic carbocycles. The van der Waals surface area contributed by atoms with E-state index in [1.165, 1.54) is 25.7 Å². The molecule has 0 aromatic heterocycles. The summed E-state index contributed by atoms with van der Waals surface area (Å²) < 4.78 is 5.31. The quantitative estimate of drug-likeness (QED) is 0.526. The highest BCUT2D eigenvalue weighted by molar-refractivity contribution is 6.27. The number of aliphatic carboxylic acids is 2. The molecule has 0 unspecified atom stereocenters. The zero-order valence-electron chi connectivity index (χ0n) is 9.36. The van der Waals surface area contributed by atoms with Crippen LogP contribution in [0, 0.1) is 0 Å². The molecule has 0 aliphatic rings. The highest BCUT2D eigenvalue weighted by Gasteiger charge is 2.04. The van der Waals surface area contributed by atoms with Crippen LogP contribution in [0.1, 0.15) is 39.5 Å². The first kappa shape index (κ1) is 16.3. The highest BCUT2D eigenvalue weighted by Crippen LogP contribution is 1.91. The lowest BCUT2D eigenvalue weighted by atomic mass is 10.3. The van der Waals surface area contributed by atoms with Gasteiger partial charge in [-0.1, -0.05) is 26.7 Å². The number of ether oxygens (including phenoxy) is 1. The molecule has 0 bridgehead atoms. The van der Waals surface area contributed by atoms with Crippen LogP contribution in [0.15, 0.2) is 0 Å². The molecule has 5 heteroatoms. The van der Waals surface area contributed by atoms with Crippen LogP contribution >= 0.6 is 0 Å². The van der Waals surface area contributed by atoms with Crippen molar-refractivity contribution in [3.05, 3.63) is 0 Å². The number of carbonyl (C=O) groups is 2. The lowest BCUT2D eigenvalue weighted by Crippen LogP contribution is -2.09. The van der Waals surface area contributed by atoms with Gasteiger partial charge in [-0.2, -0.15) is 0 Å². The number of carboxylic acid groups (broad SMARTS) is 2. The maximum Gasteiger partial charge on any atom is 0.414 e. The van der Waals surface area contributed by atoms with Crippen LogP contribution in [0.4, 0.5) is 0 Å². The zero-order chi connectivity index (χ0) is 12.1. The molecule has 0 aromatic rings. The minimum Gasteiger partial charge on any atom is -0.473 e. The molecule has 0 amide bonds. The Hall–Kier alpha value is -1.10. The molecule has 2 N–H and O–H groups in total. The van der Waals surface area contributed by atoms with Crippen LogP contribution in [-0.4, -0.2) is 35.4 Å². The summed E-state index contributed by atoms with van der Waals surface area (Å²) in [5.41, 5.74) is 0. The predicted molar refractivity (Wildman–Crippen MR) is 55.9 cm³/mol. The second kappa shape index (κ2) is 12.9. The Morgan fingerprint density at radius 3 is 1.47 bits per heavy atom.